The Hall–Kier alpha value is -8.16. The molecule has 0 N–H and O–H groups in total. The number of methoxy groups -OCH3 is 2. The monoisotopic (exact) mass is 814 g/mol. The Morgan fingerprint density at radius 1 is 0.349 bits per heavy atom. The predicted octanol–water partition coefficient (Wildman–Crippen LogP) is 12.9. The smallest absolute Gasteiger partial charge is 0.270 e. The fourth-order valence-electron chi connectivity index (χ4n) is 9.92. The maximum atomic E-state index is 6.98. The molecule has 7 heteroatoms. The maximum Gasteiger partial charge on any atom is 0.270 e. The summed E-state index contributed by atoms with van der Waals surface area (Å²) >= 11 is 0. The van der Waals surface area contributed by atoms with E-state index < -0.39 is 0 Å². The van der Waals surface area contributed by atoms with Crippen molar-refractivity contribution in [3.8, 4) is 79.0 Å². The highest BCUT2D eigenvalue weighted by Gasteiger charge is 2.45. The molecular weight excluding hydrogens is 779 g/mol. The molecule has 11 aromatic rings. The molecule has 2 aliphatic heterocycles. The van der Waals surface area contributed by atoms with E-state index in [2.05, 4.69) is 109 Å². The number of hydrogen-bond donors (Lipinski definition) is 0. The minimum absolute atomic E-state index is 0.328. The number of ether oxygens (including phenoxy) is 4. The highest BCUT2D eigenvalue weighted by molar-refractivity contribution is 6.99. The van der Waals surface area contributed by atoms with Crippen LogP contribution < -0.4 is 35.3 Å². The van der Waals surface area contributed by atoms with Crippen molar-refractivity contribution in [2.75, 3.05) is 14.2 Å². The molecule has 4 heterocycles. The van der Waals surface area contributed by atoms with Gasteiger partial charge < -0.3 is 27.8 Å². The van der Waals surface area contributed by atoms with Crippen molar-refractivity contribution >= 4 is 67.0 Å². The van der Waals surface area contributed by atoms with E-state index in [0.29, 0.717) is 11.5 Å². The topological polar surface area (TPSA) is 63.2 Å². The van der Waals surface area contributed by atoms with Crippen LogP contribution in [0, 0.1) is 0 Å². The summed E-state index contributed by atoms with van der Waals surface area (Å²) < 4.78 is 38.9. The minimum Gasteiger partial charge on any atom is -0.497 e. The molecule has 0 spiro atoms. The van der Waals surface area contributed by atoms with Crippen LogP contribution in [0.1, 0.15) is 0 Å². The number of hydrogen-bond acceptors (Lipinski definition) is 6. The second kappa shape index (κ2) is 13.7. The van der Waals surface area contributed by atoms with Crippen LogP contribution in [0.25, 0.3) is 88.4 Å². The summed E-state index contributed by atoms with van der Waals surface area (Å²) in [5, 5.41) is 4.43. The van der Waals surface area contributed by atoms with Crippen molar-refractivity contribution in [2.24, 2.45) is 0 Å². The Morgan fingerprint density at radius 3 is 1.27 bits per heavy atom. The van der Waals surface area contributed by atoms with E-state index in [9.17, 15) is 0 Å². The van der Waals surface area contributed by atoms with Gasteiger partial charge >= 0.3 is 0 Å². The van der Waals surface area contributed by atoms with E-state index >= 15 is 0 Å². The lowest BCUT2D eigenvalue weighted by molar-refractivity contribution is 0.409. The third kappa shape index (κ3) is 5.39. The summed E-state index contributed by atoms with van der Waals surface area (Å²) in [5.41, 5.74) is 14.4. The van der Waals surface area contributed by atoms with Gasteiger partial charge in [0.1, 0.15) is 56.8 Å². The Bertz CT molecular complexity index is 3450. The number of benzene rings is 9. The average molecular weight is 815 g/mol. The Kier molecular flexibility index (Phi) is 7.73. The van der Waals surface area contributed by atoms with Crippen molar-refractivity contribution in [1.82, 2.24) is 0 Å². The fourth-order valence-corrected chi connectivity index (χ4v) is 9.92. The molecule has 0 aliphatic carbocycles. The van der Waals surface area contributed by atoms with Gasteiger partial charge in [-0.1, -0.05) is 91.0 Å². The molecule has 13 rings (SSSR count). The lowest BCUT2D eigenvalue weighted by atomic mass is 9.34. The Labute approximate surface area is 362 Å². The van der Waals surface area contributed by atoms with Gasteiger partial charge in [-0.3, -0.25) is 0 Å². The third-order valence-corrected chi connectivity index (χ3v) is 12.8. The van der Waals surface area contributed by atoms with Gasteiger partial charge in [0, 0.05) is 49.1 Å². The van der Waals surface area contributed by atoms with Crippen molar-refractivity contribution in [3.05, 3.63) is 176 Å². The number of furan rings is 2. The molecule has 0 bridgehead atoms. The van der Waals surface area contributed by atoms with E-state index in [0.717, 1.165) is 128 Å². The highest BCUT2D eigenvalue weighted by atomic mass is 16.5. The first-order valence-corrected chi connectivity index (χ1v) is 21.1. The summed E-state index contributed by atoms with van der Waals surface area (Å²) in [6.45, 7) is -0.328. The average Bonchev–Trinajstić information content (AvgIpc) is 3.91. The van der Waals surface area contributed by atoms with E-state index in [-0.39, 0.29) is 6.71 Å². The van der Waals surface area contributed by atoms with Crippen LogP contribution in [0.4, 0.5) is 0 Å². The van der Waals surface area contributed by atoms with Gasteiger partial charge in [-0.2, -0.15) is 0 Å². The number of rotatable bonds is 6. The van der Waals surface area contributed by atoms with Crippen molar-refractivity contribution < 1.29 is 27.8 Å². The Balaban J connectivity index is 0.952. The summed E-state index contributed by atoms with van der Waals surface area (Å²) in [4.78, 5) is 0. The van der Waals surface area contributed by atoms with Crippen molar-refractivity contribution in [2.45, 2.75) is 0 Å². The number of fused-ring (bicyclic) bond motifs is 10. The summed E-state index contributed by atoms with van der Waals surface area (Å²) in [5.74, 6) is 4.36. The molecule has 0 atom stereocenters. The maximum absolute atomic E-state index is 6.98. The fraction of sp³-hybridized carbons (Fsp3) is 0.0357. The molecule has 9 aromatic carbocycles. The minimum atomic E-state index is -0.328. The molecular formula is C56H35BO6. The van der Waals surface area contributed by atoms with Crippen molar-refractivity contribution in [1.29, 1.82) is 0 Å². The number of para-hydroxylation sites is 2. The lowest BCUT2D eigenvalue weighted by Crippen LogP contribution is -2.58. The van der Waals surface area contributed by atoms with Crippen LogP contribution in [0.5, 0.6) is 34.5 Å². The zero-order valence-corrected chi connectivity index (χ0v) is 34.3. The van der Waals surface area contributed by atoms with Crippen LogP contribution in [0.3, 0.4) is 0 Å². The quantitative estimate of drug-likeness (QED) is 0.156. The first kappa shape index (κ1) is 35.6. The SMILES string of the molecule is COc1ccc(-c2cccc(-c3ccc4c(c3)oc3ccccc34)c2)c2c1B1c3c(cccc3Oc3c(-c4cccc(-c5ccc6c(c5)oc5ccccc56)c4)ccc(OC)c31)O2. The van der Waals surface area contributed by atoms with E-state index in [1.54, 1.807) is 14.2 Å². The van der Waals surface area contributed by atoms with Gasteiger partial charge in [0.2, 0.25) is 0 Å². The molecule has 0 saturated carbocycles. The second-order valence-corrected chi connectivity index (χ2v) is 16.2. The van der Waals surface area contributed by atoms with E-state index in [1.807, 2.05) is 66.7 Å². The largest absolute Gasteiger partial charge is 0.497 e. The molecule has 298 valence electrons. The van der Waals surface area contributed by atoms with Crippen LogP contribution in [0.2, 0.25) is 0 Å². The molecule has 0 saturated heterocycles. The van der Waals surface area contributed by atoms with Gasteiger partial charge in [0.25, 0.3) is 6.71 Å². The van der Waals surface area contributed by atoms with Crippen molar-refractivity contribution in [3.63, 3.8) is 0 Å². The lowest BCUT2D eigenvalue weighted by Gasteiger charge is -2.36. The molecule has 0 amide bonds. The second-order valence-electron chi connectivity index (χ2n) is 16.2. The molecule has 0 fully saturated rings. The highest BCUT2D eigenvalue weighted by Crippen LogP contribution is 2.46. The molecule has 2 aliphatic rings. The van der Waals surface area contributed by atoms with Crippen LogP contribution in [0.15, 0.2) is 185 Å². The zero-order chi connectivity index (χ0) is 41.8. The van der Waals surface area contributed by atoms with Gasteiger partial charge in [-0.15, -0.1) is 0 Å². The normalized spacial score (nSPS) is 12.5. The third-order valence-electron chi connectivity index (χ3n) is 12.8. The molecule has 6 nitrogen and oxygen atoms in total. The molecule has 2 aromatic heterocycles. The molecule has 0 unspecified atom stereocenters. The van der Waals surface area contributed by atoms with Crippen LogP contribution in [-0.2, 0) is 0 Å². The summed E-state index contributed by atoms with van der Waals surface area (Å²) in [6, 6.07) is 60.7. The van der Waals surface area contributed by atoms with E-state index in [1.165, 1.54) is 0 Å². The van der Waals surface area contributed by atoms with E-state index in [4.69, 9.17) is 27.8 Å². The molecule has 0 radical (unpaired) electrons. The first-order chi connectivity index (χ1) is 31.1. The van der Waals surface area contributed by atoms with Crippen LogP contribution >= 0.6 is 0 Å². The first-order valence-electron chi connectivity index (χ1n) is 21.1. The van der Waals surface area contributed by atoms with Gasteiger partial charge in [-0.05, 0) is 118 Å². The van der Waals surface area contributed by atoms with Gasteiger partial charge in [0.15, 0.2) is 0 Å². The zero-order valence-electron chi connectivity index (χ0n) is 34.3. The standard InChI is InChI=1S/C56H35BO6/c1-58-46-26-24-38(36-12-7-10-32(28-36)34-20-22-42-40-14-3-5-16-44(40)60-50(42)30-34)55-53(46)57-52-48(62-55)18-9-19-49(52)63-56-39(25-27-47(59-2)54(56)57)37-13-8-11-33(29-37)35-21-23-43-41-15-4-6-17-45(41)61-51(43)31-35/h3-31H,1-2H3. The van der Waals surface area contributed by atoms with Crippen LogP contribution in [-0.4, -0.2) is 20.9 Å². The van der Waals surface area contributed by atoms with Gasteiger partial charge in [0.05, 0.1) is 14.2 Å². The predicted molar refractivity (Wildman–Crippen MR) is 254 cm³/mol. The Morgan fingerprint density at radius 2 is 0.778 bits per heavy atom. The summed E-state index contributed by atoms with van der Waals surface area (Å²) in [6.07, 6.45) is 0. The summed E-state index contributed by atoms with van der Waals surface area (Å²) in [7, 11) is 3.43. The van der Waals surface area contributed by atoms with Gasteiger partial charge in [-0.25, -0.2) is 0 Å². The molecule has 63 heavy (non-hydrogen) atoms.